The van der Waals surface area contributed by atoms with Crippen LogP contribution in [-0.2, 0) is 13.1 Å². The Morgan fingerprint density at radius 3 is 2.80 bits per heavy atom. The Morgan fingerprint density at radius 2 is 2.04 bits per heavy atom. The summed E-state index contributed by atoms with van der Waals surface area (Å²) in [6, 6.07) is 10.3. The summed E-state index contributed by atoms with van der Waals surface area (Å²) in [5, 5.41) is 6.39. The zero-order chi connectivity index (χ0) is 17.9. The number of halogens is 1. The number of nitrogens with zero attached hydrogens (tertiary/aromatic N) is 2. The summed E-state index contributed by atoms with van der Waals surface area (Å²) in [5.74, 6) is 1.03. The van der Waals surface area contributed by atoms with Crippen LogP contribution in [0.3, 0.4) is 0 Å². The van der Waals surface area contributed by atoms with Crippen molar-refractivity contribution >= 4 is 5.96 Å². The highest BCUT2D eigenvalue weighted by molar-refractivity contribution is 5.79. The van der Waals surface area contributed by atoms with Crippen molar-refractivity contribution in [1.82, 2.24) is 15.6 Å². The maximum atomic E-state index is 13.2. The van der Waals surface area contributed by atoms with Crippen LogP contribution in [0.4, 0.5) is 4.39 Å². The standard InChI is InChI=1S/C19H25FN4O/c1-3-4-11-25-18-16(8-6-10-22-18)14-24-19(21-2)23-13-15-7-5-9-17(20)12-15/h5-10,12H,3-4,11,13-14H2,1-2H3,(H2,21,23,24). The van der Waals surface area contributed by atoms with E-state index in [-0.39, 0.29) is 5.82 Å². The van der Waals surface area contributed by atoms with Gasteiger partial charge in [0.2, 0.25) is 5.88 Å². The summed E-state index contributed by atoms with van der Waals surface area (Å²) in [7, 11) is 1.70. The van der Waals surface area contributed by atoms with Crippen LogP contribution in [0.5, 0.6) is 5.88 Å². The summed E-state index contributed by atoms with van der Waals surface area (Å²) >= 11 is 0. The van der Waals surface area contributed by atoms with Crippen LogP contribution in [-0.4, -0.2) is 24.6 Å². The van der Waals surface area contributed by atoms with Crippen LogP contribution in [0.15, 0.2) is 47.6 Å². The second kappa shape index (κ2) is 10.3. The van der Waals surface area contributed by atoms with Gasteiger partial charge in [-0.05, 0) is 30.2 Å². The van der Waals surface area contributed by atoms with Crippen molar-refractivity contribution < 1.29 is 9.13 Å². The minimum Gasteiger partial charge on any atom is -0.477 e. The zero-order valence-electron chi connectivity index (χ0n) is 14.8. The van der Waals surface area contributed by atoms with E-state index in [1.54, 1.807) is 19.3 Å². The van der Waals surface area contributed by atoms with Crippen molar-refractivity contribution in [3.8, 4) is 5.88 Å². The molecular formula is C19H25FN4O. The van der Waals surface area contributed by atoms with Gasteiger partial charge in [0, 0.05) is 31.9 Å². The molecule has 0 amide bonds. The van der Waals surface area contributed by atoms with E-state index in [0.717, 1.165) is 24.0 Å². The fourth-order valence-corrected chi connectivity index (χ4v) is 2.23. The van der Waals surface area contributed by atoms with E-state index in [0.29, 0.717) is 31.5 Å². The molecule has 0 fully saturated rings. The van der Waals surface area contributed by atoms with E-state index in [1.165, 1.54) is 12.1 Å². The third-order valence-corrected chi connectivity index (χ3v) is 3.61. The molecule has 0 unspecified atom stereocenters. The molecule has 0 spiro atoms. The van der Waals surface area contributed by atoms with Crippen molar-refractivity contribution in [2.24, 2.45) is 4.99 Å². The summed E-state index contributed by atoms with van der Waals surface area (Å²) in [5.41, 5.74) is 1.82. The van der Waals surface area contributed by atoms with Gasteiger partial charge < -0.3 is 15.4 Å². The molecular weight excluding hydrogens is 319 g/mol. The lowest BCUT2D eigenvalue weighted by molar-refractivity contribution is 0.294. The van der Waals surface area contributed by atoms with Gasteiger partial charge in [-0.2, -0.15) is 0 Å². The van der Waals surface area contributed by atoms with Gasteiger partial charge in [-0.25, -0.2) is 9.37 Å². The number of rotatable bonds is 8. The number of guanidine groups is 1. The number of hydrogen-bond donors (Lipinski definition) is 2. The average molecular weight is 344 g/mol. The Hall–Kier alpha value is -2.63. The van der Waals surface area contributed by atoms with E-state index >= 15 is 0 Å². The molecule has 1 aromatic carbocycles. The quantitative estimate of drug-likeness (QED) is 0.438. The molecule has 2 rings (SSSR count). The smallest absolute Gasteiger partial charge is 0.218 e. The van der Waals surface area contributed by atoms with Crippen molar-refractivity contribution in [2.45, 2.75) is 32.9 Å². The highest BCUT2D eigenvalue weighted by Crippen LogP contribution is 2.14. The first-order valence-electron chi connectivity index (χ1n) is 8.48. The fraction of sp³-hybridized carbons (Fsp3) is 0.368. The molecule has 0 radical (unpaired) electrons. The summed E-state index contributed by atoms with van der Waals surface area (Å²) in [4.78, 5) is 8.48. The second-order valence-corrected chi connectivity index (χ2v) is 5.58. The van der Waals surface area contributed by atoms with Crippen molar-refractivity contribution in [3.63, 3.8) is 0 Å². The lowest BCUT2D eigenvalue weighted by atomic mass is 10.2. The zero-order valence-corrected chi connectivity index (χ0v) is 14.8. The van der Waals surface area contributed by atoms with Crippen molar-refractivity contribution in [1.29, 1.82) is 0 Å². The molecule has 0 bridgehead atoms. The van der Waals surface area contributed by atoms with Crippen molar-refractivity contribution in [3.05, 3.63) is 59.5 Å². The third-order valence-electron chi connectivity index (χ3n) is 3.61. The molecule has 0 aliphatic heterocycles. The van der Waals surface area contributed by atoms with Crippen LogP contribution in [0.2, 0.25) is 0 Å². The topological polar surface area (TPSA) is 58.5 Å². The summed E-state index contributed by atoms with van der Waals surface area (Å²) in [6.07, 6.45) is 3.80. The molecule has 25 heavy (non-hydrogen) atoms. The first-order chi connectivity index (χ1) is 12.2. The van der Waals surface area contributed by atoms with Gasteiger partial charge in [0.05, 0.1) is 6.61 Å². The number of ether oxygens (including phenoxy) is 1. The summed E-state index contributed by atoms with van der Waals surface area (Å²) < 4.78 is 19.0. The van der Waals surface area contributed by atoms with Gasteiger partial charge >= 0.3 is 0 Å². The van der Waals surface area contributed by atoms with Gasteiger partial charge in [0.1, 0.15) is 5.82 Å². The number of nitrogens with one attached hydrogen (secondary N) is 2. The minimum atomic E-state index is -0.244. The number of aliphatic imine (C=N–C) groups is 1. The van der Waals surface area contributed by atoms with Crippen molar-refractivity contribution in [2.75, 3.05) is 13.7 Å². The van der Waals surface area contributed by atoms with E-state index in [9.17, 15) is 4.39 Å². The molecule has 0 saturated carbocycles. The van der Waals surface area contributed by atoms with Gasteiger partial charge in [-0.1, -0.05) is 31.5 Å². The number of hydrogen-bond acceptors (Lipinski definition) is 3. The Labute approximate surface area is 148 Å². The lowest BCUT2D eigenvalue weighted by Crippen LogP contribution is -2.36. The molecule has 6 heteroatoms. The molecule has 2 N–H and O–H groups in total. The van der Waals surface area contributed by atoms with Crippen LogP contribution in [0.1, 0.15) is 30.9 Å². The van der Waals surface area contributed by atoms with Crippen LogP contribution >= 0.6 is 0 Å². The Bertz CT molecular complexity index is 691. The van der Waals surface area contributed by atoms with E-state index in [4.69, 9.17) is 4.74 Å². The number of benzene rings is 1. The molecule has 134 valence electrons. The first kappa shape index (κ1) is 18.7. The maximum Gasteiger partial charge on any atom is 0.218 e. The number of unbranched alkanes of at least 4 members (excludes halogenated alkanes) is 1. The molecule has 5 nitrogen and oxygen atoms in total. The fourth-order valence-electron chi connectivity index (χ4n) is 2.23. The molecule has 1 heterocycles. The predicted octanol–water partition coefficient (Wildman–Crippen LogP) is 3.26. The number of pyridine rings is 1. The summed E-state index contributed by atoms with van der Waals surface area (Å²) in [6.45, 7) is 3.81. The van der Waals surface area contributed by atoms with Crippen LogP contribution < -0.4 is 15.4 Å². The van der Waals surface area contributed by atoms with Gasteiger partial charge in [0.15, 0.2) is 5.96 Å². The SMILES string of the molecule is CCCCOc1ncccc1CNC(=NC)NCc1cccc(F)c1. The predicted molar refractivity (Wildman–Crippen MR) is 98.1 cm³/mol. The molecule has 0 aliphatic carbocycles. The highest BCUT2D eigenvalue weighted by atomic mass is 19.1. The minimum absolute atomic E-state index is 0.244. The van der Waals surface area contributed by atoms with E-state index in [1.807, 2.05) is 18.2 Å². The highest BCUT2D eigenvalue weighted by Gasteiger charge is 2.06. The van der Waals surface area contributed by atoms with Crippen LogP contribution in [0, 0.1) is 5.82 Å². The maximum absolute atomic E-state index is 13.2. The van der Waals surface area contributed by atoms with E-state index < -0.39 is 0 Å². The lowest BCUT2D eigenvalue weighted by Gasteiger charge is -2.14. The second-order valence-electron chi connectivity index (χ2n) is 5.58. The first-order valence-corrected chi connectivity index (χ1v) is 8.48. The van der Waals surface area contributed by atoms with Gasteiger partial charge in [0.25, 0.3) is 0 Å². The Morgan fingerprint density at radius 1 is 1.20 bits per heavy atom. The van der Waals surface area contributed by atoms with Crippen LogP contribution in [0.25, 0.3) is 0 Å². The Kier molecular flexibility index (Phi) is 7.69. The van der Waals surface area contributed by atoms with E-state index in [2.05, 4.69) is 27.5 Å². The number of aromatic nitrogens is 1. The molecule has 0 saturated heterocycles. The molecule has 1 aromatic heterocycles. The monoisotopic (exact) mass is 344 g/mol. The molecule has 2 aromatic rings. The average Bonchev–Trinajstić information content (AvgIpc) is 2.63. The van der Waals surface area contributed by atoms with Gasteiger partial charge in [-0.15, -0.1) is 0 Å². The third kappa shape index (κ3) is 6.41. The largest absolute Gasteiger partial charge is 0.477 e. The normalized spacial score (nSPS) is 11.2. The Balaban J connectivity index is 1.88. The molecule has 0 atom stereocenters. The molecule has 0 aliphatic rings. The van der Waals surface area contributed by atoms with Gasteiger partial charge in [-0.3, -0.25) is 4.99 Å².